The smallest absolute Gasteiger partial charge is 0.255 e. The van der Waals surface area contributed by atoms with Crippen molar-refractivity contribution >= 4 is 5.91 Å². The predicted molar refractivity (Wildman–Crippen MR) is 83.5 cm³/mol. The Morgan fingerprint density at radius 2 is 2.14 bits per heavy atom. The summed E-state index contributed by atoms with van der Waals surface area (Å²) in [4.78, 5) is 14.4. The molecule has 0 spiro atoms. The summed E-state index contributed by atoms with van der Waals surface area (Å²) in [5.74, 6) is 5.64. The lowest BCUT2D eigenvalue weighted by atomic mass is 10.0. The number of nitrogens with zero attached hydrogens (tertiary/aromatic N) is 2. The molecule has 0 bridgehead atoms. The van der Waals surface area contributed by atoms with Gasteiger partial charge in [-0.25, -0.2) is 0 Å². The second kappa shape index (κ2) is 8.09. The van der Waals surface area contributed by atoms with Crippen molar-refractivity contribution in [2.24, 2.45) is 5.73 Å². The standard InChI is InChI=1S/C17H21N3O/c1-13(2)20(11-5-10-19)17(21)16-12-14(3)7-8-15(16)6-4-9-18/h7-8,12-13H,5,9,11,18H2,1-3H3. The molecule has 1 aromatic rings. The minimum absolute atomic E-state index is 0.0293. The van der Waals surface area contributed by atoms with Crippen LogP contribution >= 0.6 is 0 Å². The highest BCUT2D eigenvalue weighted by Crippen LogP contribution is 2.15. The van der Waals surface area contributed by atoms with Gasteiger partial charge in [-0.1, -0.05) is 23.5 Å². The number of rotatable bonds is 4. The molecule has 0 radical (unpaired) electrons. The Morgan fingerprint density at radius 1 is 1.43 bits per heavy atom. The fourth-order valence-corrected chi connectivity index (χ4v) is 2.01. The molecule has 1 amide bonds. The SMILES string of the molecule is Cc1ccc(C#CCN)c(C(=O)N(CCC#N)C(C)C)c1. The quantitative estimate of drug-likeness (QED) is 0.860. The third-order valence-electron chi connectivity index (χ3n) is 3.08. The van der Waals surface area contributed by atoms with Gasteiger partial charge >= 0.3 is 0 Å². The van der Waals surface area contributed by atoms with Gasteiger partial charge in [-0.3, -0.25) is 4.79 Å². The molecule has 0 aliphatic carbocycles. The average molecular weight is 283 g/mol. The van der Waals surface area contributed by atoms with E-state index in [-0.39, 0.29) is 18.5 Å². The van der Waals surface area contributed by atoms with Crippen molar-refractivity contribution in [2.75, 3.05) is 13.1 Å². The number of aryl methyl sites for hydroxylation is 1. The van der Waals surface area contributed by atoms with E-state index in [9.17, 15) is 4.79 Å². The average Bonchev–Trinajstić information content (AvgIpc) is 2.45. The van der Waals surface area contributed by atoms with Crippen LogP contribution in [-0.2, 0) is 0 Å². The fraction of sp³-hybridized carbons (Fsp3) is 0.412. The second-order valence-corrected chi connectivity index (χ2v) is 5.06. The number of nitrogens with two attached hydrogens (primary N) is 1. The summed E-state index contributed by atoms with van der Waals surface area (Å²) in [7, 11) is 0. The lowest BCUT2D eigenvalue weighted by Crippen LogP contribution is -2.38. The maximum atomic E-state index is 12.7. The Hall–Kier alpha value is -2.30. The first-order valence-electron chi connectivity index (χ1n) is 6.98. The molecule has 110 valence electrons. The summed E-state index contributed by atoms with van der Waals surface area (Å²) >= 11 is 0. The minimum Gasteiger partial charge on any atom is -0.335 e. The second-order valence-electron chi connectivity index (χ2n) is 5.06. The molecular formula is C17H21N3O. The van der Waals surface area contributed by atoms with E-state index in [0.717, 1.165) is 5.56 Å². The molecule has 0 heterocycles. The van der Waals surface area contributed by atoms with Gasteiger partial charge in [0.25, 0.3) is 5.91 Å². The van der Waals surface area contributed by atoms with Crippen LogP contribution in [0.3, 0.4) is 0 Å². The number of hydrogen-bond donors (Lipinski definition) is 1. The Morgan fingerprint density at radius 3 is 2.71 bits per heavy atom. The number of benzene rings is 1. The highest BCUT2D eigenvalue weighted by molar-refractivity contribution is 5.97. The largest absolute Gasteiger partial charge is 0.335 e. The maximum Gasteiger partial charge on any atom is 0.255 e. The van der Waals surface area contributed by atoms with Gasteiger partial charge in [0.15, 0.2) is 0 Å². The number of carbonyl (C=O) groups is 1. The Balaban J connectivity index is 3.20. The van der Waals surface area contributed by atoms with Gasteiger partial charge in [0.05, 0.1) is 24.6 Å². The first-order valence-corrected chi connectivity index (χ1v) is 6.98. The molecule has 4 heteroatoms. The van der Waals surface area contributed by atoms with Crippen molar-refractivity contribution in [3.8, 4) is 17.9 Å². The third kappa shape index (κ3) is 4.63. The van der Waals surface area contributed by atoms with Crippen molar-refractivity contribution in [3.63, 3.8) is 0 Å². The van der Waals surface area contributed by atoms with Crippen LogP contribution in [0.25, 0.3) is 0 Å². The normalized spacial score (nSPS) is 9.71. The van der Waals surface area contributed by atoms with Crippen molar-refractivity contribution in [3.05, 3.63) is 34.9 Å². The highest BCUT2D eigenvalue weighted by atomic mass is 16.2. The zero-order chi connectivity index (χ0) is 15.8. The topological polar surface area (TPSA) is 70.1 Å². The Kier molecular flexibility index (Phi) is 6.46. The fourth-order valence-electron chi connectivity index (χ4n) is 2.01. The summed E-state index contributed by atoms with van der Waals surface area (Å²) in [6.45, 7) is 6.49. The van der Waals surface area contributed by atoms with E-state index in [2.05, 4.69) is 17.9 Å². The molecule has 0 atom stereocenters. The molecule has 0 unspecified atom stereocenters. The first-order chi connectivity index (χ1) is 10.0. The van der Waals surface area contributed by atoms with Crippen molar-refractivity contribution in [1.82, 2.24) is 4.90 Å². The van der Waals surface area contributed by atoms with E-state index in [1.165, 1.54) is 0 Å². The maximum absolute atomic E-state index is 12.7. The molecule has 4 nitrogen and oxygen atoms in total. The zero-order valence-electron chi connectivity index (χ0n) is 12.8. The Labute approximate surface area is 126 Å². The van der Waals surface area contributed by atoms with Crippen LogP contribution in [0.2, 0.25) is 0 Å². The van der Waals surface area contributed by atoms with Crippen LogP contribution < -0.4 is 5.73 Å². The van der Waals surface area contributed by atoms with Gasteiger partial charge in [-0.2, -0.15) is 5.26 Å². The van der Waals surface area contributed by atoms with Crippen LogP contribution in [0.5, 0.6) is 0 Å². The molecule has 0 fully saturated rings. The molecule has 1 aromatic carbocycles. The van der Waals surface area contributed by atoms with Gasteiger partial charge in [-0.15, -0.1) is 0 Å². The van der Waals surface area contributed by atoms with Gasteiger partial charge in [0.1, 0.15) is 0 Å². The summed E-state index contributed by atoms with van der Waals surface area (Å²) in [5, 5.41) is 8.74. The third-order valence-corrected chi connectivity index (χ3v) is 3.08. The summed E-state index contributed by atoms with van der Waals surface area (Å²) in [6.07, 6.45) is 0.319. The molecule has 0 aromatic heterocycles. The predicted octanol–water partition coefficient (Wildman–Crippen LogP) is 2.07. The highest BCUT2D eigenvalue weighted by Gasteiger charge is 2.20. The van der Waals surface area contributed by atoms with Gasteiger partial charge in [-0.05, 0) is 32.9 Å². The molecule has 21 heavy (non-hydrogen) atoms. The van der Waals surface area contributed by atoms with Crippen LogP contribution in [0, 0.1) is 30.1 Å². The molecule has 0 aliphatic heterocycles. The first kappa shape index (κ1) is 16.8. The number of nitriles is 1. The van der Waals surface area contributed by atoms with E-state index in [4.69, 9.17) is 11.0 Å². The van der Waals surface area contributed by atoms with Gasteiger partial charge in [0.2, 0.25) is 0 Å². The number of hydrogen-bond acceptors (Lipinski definition) is 3. The number of carbonyl (C=O) groups excluding carboxylic acids is 1. The Bertz CT molecular complexity index is 603. The lowest BCUT2D eigenvalue weighted by molar-refractivity contribution is 0.0710. The van der Waals surface area contributed by atoms with E-state index < -0.39 is 0 Å². The molecular weight excluding hydrogens is 262 g/mol. The van der Waals surface area contributed by atoms with E-state index >= 15 is 0 Å². The molecule has 0 aliphatic rings. The van der Waals surface area contributed by atoms with E-state index in [1.807, 2.05) is 39.0 Å². The van der Waals surface area contributed by atoms with Crippen molar-refractivity contribution in [1.29, 1.82) is 5.26 Å². The van der Waals surface area contributed by atoms with E-state index in [1.54, 1.807) is 4.90 Å². The molecule has 0 saturated carbocycles. The summed E-state index contributed by atoms with van der Waals surface area (Å²) in [5.41, 5.74) is 7.65. The van der Waals surface area contributed by atoms with Gasteiger partial charge in [0, 0.05) is 18.2 Å². The summed E-state index contributed by atoms with van der Waals surface area (Å²) in [6, 6.07) is 7.71. The monoisotopic (exact) mass is 283 g/mol. The minimum atomic E-state index is -0.0923. The van der Waals surface area contributed by atoms with Crippen LogP contribution in [0.15, 0.2) is 18.2 Å². The van der Waals surface area contributed by atoms with Crippen LogP contribution in [0.4, 0.5) is 0 Å². The van der Waals surface area contributed by atoms with E-state index in [0.29, 0.717) is 24.1 Å². The zero-order valence-corrected chi connectivity index (χ0v) is 12.8. The number of amides is 1. The van der Waals surface area contributed by atoms with Gasteiger partial charge < -0.3 is 10.6 Å². The van der Waals surface area contributed by atoms with Crippen molar-refractivity contribution < 1.29 is 4.79 Å². The molecule has 0 saturated heterocycles. The molecule has 1 rings (SSSR count). The van der Waals surface area contributed by atoms with Crippen molar-refractivity contribution in [2.45, 2.75) is 33.2 Å². The van der Waals surface area contributed by atoms with Crippen LogP contribution in [-0.4, -0.2) is 29.9 Å². The summed E-state index contributed by atoms with van der Waals surface area (Å²) < 4.78 is 0. The lowest BCUT2D eigenvalue weighted by Gasteiger charge is -2.26. The molecule has 2 N–H and O–H groups in total. The van der Waals surface area contributed by atoms with Crippen LogP contribution in [0.1, 0.15) is 41.8 Å².